The fraction of sp³-hybridized carbons (Fsp3) is 0. The number of para-hydroxylation sites is 1. The topological polar surface area (TPSA) is 38.7 Å². The highest BCUT2D eigenvalue weighted by molar-refractivity contribution is 6.33. The lowest BCUT2D eigenvalue weighted by atomic mass is 9.88. The van der Waals surface area contributed by atoms with Crippen molar-refractivity contribution in [3.05, 3.63) is 176 Å². The normalized spacial score (nSPS) is 11.6. The molecule has 0 aliphatic rings. The molecule has 0 N–H and O–H groups in total. The van der Waals surface area contributed by atoms with Crippen LogP contribution in [0.25, 0.3) is 99.0 Å². The van der Waals surface area contributed by atoms with E-state index in [4.69, 9.17) is 9.97 Å². The Morgan fingerprint density at radius 2 is 0.860 bits per heavy atom. The minimum Gasteiger partial charge on any atom is -0.256 e. The Morgan fingerprint density at radius 3 is 1.60 bits per heavy atom. The Labute approximate surface area is 289 Å². The van der Waals surface area contributed by atoms with E-state index in [2.05, 4.69) is 163 Å². The van der Waals surface area contributed by atoms with Crippen LogP contribution in [-0.2, 0) is 0 Å². The van der Waals surface area contributed by atoms with Crippen LogP contribution in [0.3, 0.4) is 0 Å². The van der Waals surface area contributed by atoms with Gasteiger partial charge >= 0.3 is 0 Å². The van der Waals surface area contributed by atoms with Crippen LogP contribution in [0.5, 0.6) is 0 Å². The van der Waals surface area contributed by atoms with Gasteiger partial charge in [0, 0.05) is 28.3 Å². The quantitative estimate of drug-likeness (QED) is 0.181. The first kappa shape index (κ1) is 28.3. The summed E-state index contributed by atoms with van der Waals surface area (Å²) in [4.78, 5) is 15.1. The van der Waals surface area contributed by atoms with E-state index in [0.29, 0.717) is 5.82 Å². The highest BCUT2D eigenvalue weighted by Gasteiger charge is 2.18. The summed E-state index contributed by atoms with van der Waals surface area (Å²) in [5, 5.41) is 11.1. The summed E-state index contributed by atoms with van der Waals surface area (Å²) < 4.78 is 0. The van der Waals surface area contributed by atoms with Crippen molar-refractivity contribution in [1.82, 2.24) is 15.0 Å². The van der Waals surface area contributed by atoms with Crippen molar-refractivity contribution in [2.45, 2.75) is 0 Å². The molecule has 0 saturated carbocycles. The third kappa shape index (κ3) is 4.56. The first-order valence-electron chi connectivity index (χ1n) is 16.9. The van der Waals surface area contributed by atoms with E-state index in [-0.39, 0.29) is 0 Å². The largest absolute Gasteiger partial charge is 0.256 e. The lowest BCUT2D eigenvalue weighted by molar-refractivity contribution is 1.19. The average Bonchev–Trinajstić information content (AvgIpc) is 3.20. The molecule has 3 heteroatoms. The predicted molar refractivity (Wildman–Crippen MR) is 209 cm³/mol. The van der Waals surface area contributed by atoms with Gasteiger partial charge in [0.05, 0.1) is 16.9 Å². The maximum Gasteiger partial charge on any atom is 0.160 e. The molecule has 0 amide bonds. The Kier molecular flexibility index (Phi) is 6.49. The molecule has 50 heavy (non-hydrogen) atoms. The fourth-order valence-corrected chi connectivity index (χ4v) is 7.60. The molecule has 0 fully saturated rings. The molecule has 0 saturated heterocycles. The van der Waals surface area contributed by atoms with E-state index < -0.39 is 0 Å². The van der Waals surface area contributed by atoms with Crippen LogP contribution in [0.4, 0.5) is 0 Å². The summed E-state index contributed by atoms with van der Waals surface area (Å²) in [6.07, 6.45) is 1.88. The minimum absolute atomic E-state index is 0.694. The number of pyridine rings is 1. The van der Waals surface area contributed by atoms with Gasteiger partial charge in [-0.05, 0) is 78.5 Å². The fourth-order valence-electron chi connectivity index (χ4n) is 7.60. The second kappa shape index (κ2) is 11.5. The van der Waals surface area contributed by atoms with Gasteiger partial charge in [0.25, 0.3) is 0 Å². The molecule has 0 bridgehead atoms. The van der Waals surface area contributed by atoms with E-state index in [1.54, 1.807) is 0 Å². The van der Waals surface area contributed by atoms with Crippen molar-refractivity contribution in [1.29, 1.82) is 0 Å². The zero-order chi connectivity index (χ0) is 33.0. The van der Waals surface area contributed by atoms with Gasteiger partial charge in [0.2, 0.25) is 0 Å². The first-order chi connectivity index (χ1) is 24.8. The van der Waals surface area contributed by atoms with E-state index in [0.717, 1.165) is 50.1 Å². The molecular weight excluding hydrogens is 607 g/mol. The maximum absolute atomic E-state index is 5.33. The zero-order valence-corrected chi connectivity index (χ0v) is 27.1. The molecule has 0 radical (unpaired) electrons. The van der Waals surface area contributed by atoms with Crippen LogP contribution in [0.15, 0.2) is 176 Å². The van der Waals surface area contributed by atoms with Crippen molar-refractivity contribution in [2.75, 3.05) is 0 Å². The Morgan fingerprint density at radius 1 is 0.320 bits per heavy atom. The molecule has 10 rings (SSSR count). The van der Waals surface area contributed by atoms with Crippen molar-refractivity contribution >= 4 is 54.0 Å². The second-order valence-electron chi connectivity index (χ2n) is 12.8. The smallest absolute Gasteiger partial charge is 0.160 e. The van der Waals surface area contributed by atoms with Crippen molar-refractivity contribution in [3.8, 4) is 45.0 Å². The van der Waals surface area contributed by atoms with Crippen LogP contribution in [0.2, 0.25) is 0 Å². The molecular formula is C47H29N3. The van der Waals surface area contributed by atoms with Gasteiger partial charge in [0.1, 0.15) is 0 Å². The second-order valence-corrected chi connectivity index (χ2v) is 12.8. The van der Waals surface area contributed by atoms with E-state index in [9.17, 15) is 0 Å². The van der Waals surface area contributed by atoms with Gasteiger partial charge < -0.3 is 0 Å². The van der Waals surface area contributed by atoms with Crippen molar-refractivity contribution < 1.29 is 0 Å². The number of nitrogens with zero attached hydrogens (tertiary/aromatic N) is 3. The first-order valence-corrected chi connectivity index (χ1v) is 16.9. The molecule has 10 aromatic rings. The highest BCUT2D eigenvalue weighted by Crippen LogP contribution is 2.43. The van der Waals surface area contributed by atoms with Gasteiger partial charge in [-0.3, -0.25) is 4.98 Å². The number of benzene rings is 8. The molecule has 0 aliphatic carbocycles. The molecule has 2 heterocycles. The van der Waals surface area contributed by atoms with Crippen LogP contribution in [0.1, 0.15) is 0 Å². The molecule has 232 valence electrons. The zero-order valence-electron chi connectivity index (χ0n) is 27.1. The Bertz CT molecular complexity index is 2910. The lowest BCUT2D eigenvalue weighted by Gasteiger charge is -2.16. The van der Waals surface area contributed by atoms with Gasteiger partial charge in [-0.2, -0.15) is 0 Å². The molecule has 0 aliphatic heterocycles. The average molecular weight is 636 g/mol. The molecule has 3 nitrogen and oxygen atoms in total. The number of fused-ring (bicyclic) bond motifs is 9. The van der Waals surface area contributed by atoms with Crippen molar-refractivity contribution in [2.24, 2.45) is 0 Å². The maximum atomic E-state index is 5.33. The summed E-state index contributed by atoms with van der Waals surface area (Å²) in [5.41, 5.74) is 8.17. The number of hydrogen-bond acceptors (Lipinski definition) is 3. The van der Waals surface area contributed by atoms with Gasteiger partial charge in [-0.1, -0.05) is 146 Å². The molecule has 0 unspecified atom stereocenters. The summed E-state index contributed by atoms with van der Waals surface area (Å²) in [6.45, 7) is 0. The molecule has 2 aromatic heterocycles. The summed E-state index contributed by atoms with van der Waals surface area (Å²) in [7, 11) is 0. The predicted octanol–water partition coefficient (Wildman–Crippen LogP) is 12.3. The van der Waals surface area contributed by atoms with Crippen LogP contribution in [0, 0.1) is 0 Å². The van der Waals surface area contributed by atoms with E-state index in [1.165, 1.54) is 43.1 Å². The van der Waals surface area contributed by atoms with Crippen LogP contribution < -0.4 is 0 Å². The summed E-state index contributed by atoms with van der Waals surface area (Å²) in [6, 6.07) is 60.1. The number of hydrogen-bond donors (Lipinski definition) is 0. The third-order valence-electron chi connectivity index (χ3n) is 9.92. The van der Waals surface area contributed by atoms with Gasteiger partial charge in [-0.25, -0.2) is 9.97 Å². The standard InChI is InChI=1S/C47H29N3/c1-2-12-31(13-3-1)44-29-45(50-47(49-44)32-24-22-30(23-25-32)33-26-27-48-43-21-11-10-18-38(33)43)41-28-42-36-16-5-4-14-34(36)35-15-6-8-19-39(35)46(42)40-20-9-7-17-37(40)41/h1-29H. The molecule has 0 atom stereocenters. The van der Waals surface area contributed by atoms with Crippen molar-refractivity contribution in [3.63, 3.8) is 0 Å². The summed E-state index contributed by atoms with van der Waals surface area (Å²) in [5.74, 6) is 0.694. The monoisotopic (exact) mass is 635 g/mol. The molecule has 0 spiro atoms. The minimum atomic E-state index is 0.694. The number of rotatable bonds is 4. The van der Waals surface area contributed by atoms with E-state index in [1.807, 2.05) is 18.3 Å². The Balaban J connectivity index is 1.22. The highest BCUT2D eigenvalue weighted by atomic mass is 14.9. The SMILES string of the molecule is c1ccc(-c2cc(-c3cc4c5ccccc5c5ccccc5c4c4ccccc34)nc(-c3ccc(-c4ccnc5ccccc45)cc3)n2)cc1. The lowest BCUT2D eigenvalue weighted by Crippen LogP contribution is -1.97. The van der Waals surface area contributed by atoms with Gasteiger partial charge in [0.15, 0.2) is 5.82 Å². The molecule has 8 aromatic carbocycles. The van der Waals surface area contributed by atoms with Crippen LogP contribution >= 0.6 is 0 Å². The summed E-state index contributed by atoms with van der Waals surface area (Å²) >= 11 is 0. The van der Waals surface area contributed by atoms with E-state index >= 15 is 0 Å². The van der Waals surface area contributed by atoms with Crippen LogP contribution in [-0.4, -0.2) is 15.0 Å². The Hall–Kier alpha value is -6.71. The number of aromatic nitrogens is 3. The van der Waals surface area contributed by atoms with Gasteiger partial charge in [-0.15, -0.1) is 0 Å². The third-order valence-corrected chi connectivity index (χ3v) is 9.92.